The maximum Gasteiger partial charge on any atom is 0.255 e. The summed E-state index contributed by atoms with van der Waals surface area (Å²) < 4.78 is 16.1. The highest BCUT2D eigenvalue weighted by Gasteiger charge is 2.14. The van der Waals surface area contributed by atoms with Crippen LogP contribution in [0, 0.1) is 0 Å². The molecule has 1 aromatic heterocycles. The smallest absolute Gasteiger partial charge is 0.255 e. The van der Waals surface area contributed by atoms with E-state index in [2.05, 4.69) is 12.2 Å². The zero-order valence-electron chi connectivity index (χ0n) is 14.5. The van der Waals surface area contributed by atoms with Gasteiger partial charge in [-0.15, -0.1) is 0 Å². The van der Waals surface area contributed by atoms with Crippen molar-refractivity contribution in [3.63, 3.8) is 0 Å². The number of unbranched alkanes of at least 4 members (excludes halogenated alkanes) is 2. The summed E-state index contributed by atoms with van der Waals surface area (Å²) in [7, 11) is 1.62. The van der Waals surface area contributed by atoms with E-state index >= 15 is 0 Å². The van der Waals surface area contributed by atoms with Gasteiger partial charge in [-0.3, -0.25) is 4.79 Å². The number of benzene rings is 1. The average molecular weight is 331 g/mol. The second-order valence-corrected chi connectivity index (χ2v) is 5.67. The summed E-state index contributed by atoms with van der Waals surface area (Å²) in [4.78, 5) is 12.1. The van der Waals surface area contributed by atoms with Crippen molar-refractivity contribution in [2.75, 3.05) is 13.7 Å². The maximum absolute atomic E-state index is 12.1. The lowest BCUT2D eigenvalue weighted by atomic mass is 10.1. The molecule has 5 nitrogen and oxygen atoms in total. The van der Waals surface area contributed by atoms with Gasteiger partial charge in [0.2, 0.25) is 0 Å². The fraction of sp³-hybridized carbons (Fsp3) is 0.421. The SMILES string of the molecule is CCCCCOc1ccc([C@@H](C)NC(=O)c2ccoc2)cc1OC. The van der Waals surface area contributed by atoms with Crippen molar-refractivity contribution in [3.8, 4) is 11.5 Å². The fourth-order valence-electron chi connectivity index (χ4n) is 2.36. The van der Waals surface area contributed by atoms with Crippen LogP contribution in [-0.4, -0.2) is 19.6 Å². The molecule has 0 saturated heterocycles. The van der Waals surface area contributed by atoms with Crippen molar-refractivity contribution in [1.29, 1.82) is 0 Å². The average Bonchev–Trinajstić information content (AvgIpc) is 3.13. The third-order valence-electron chi connectivity index (χ3n) is 3.82. The second-order valence-electron chi connectivity index (χ2n) is 5.67. The molecule has 1 atom stereocenters. The maximum atomic E-state index is 12.1. The molecular weight excluding hydrogens is 306 g/mol. The van der Waals surface area contributed by atoms with Crippen LogP contribution in [0.3, 0.4) is 0 Å². The number of hydrogen-bond donors (Lipinski definition) is 1. The van der Waals surface area contributed by atoms with Gasteiger partial charge in [-0.25, -0.2) is 0 Å². The predicted octanol–water partition coefficient (Wildman–Crippen LogP) is 4.35. The van der Waals surface area contributed by atoms with Crippen LogP contribution in [0.4, 0.5) is 0 Å². The minimum atomic E-state index is -0.171. The topological polar surface area (TPSA) is 60.7 Å². The van der Waals surface area contributed by atoms with Crippen molar-refractivity contribution >= 4 is 5.91 Å². The van der Waals surface area contributed by atoms with Gasteiger partial charge >= 0.3 is 0 Å². The van der Waals surface area contributed by atoms with Crippen LogP contribution >= 0.6 is 0 Å². The molecule has 0 aliphatic rings. The number of rotatable bonds is 9. The second kappa shape index (κ2) is 9.01. The standard InChI is InChI=1S/C19H25NO4/c1-4-5-6-10-24-17-8-7-15(12-18(17)22-3)14(2)20-19(21)16-9-11-23-13-16/h7-9,11-14H,4-6,10H2,1-3H3,(H,20,21)/t14-/m1/s1. The molecule has 0 radical (unpaired) electrons. The molecule has 1 amide bonds. The van der Waals surface area contributed by atoms with E-state index in [1.807, 2.05) is 25.1 Å². The van der Waals surface area contributed by atoms with Crippen LogP contribution in [0.15, 0.2) is 41.2 Å². The Hall–Kier alpha value is -2.43. The quantitative estimate of drug-likeness (QED) is 0.694. The summed E-state index contributed by atoms with van der Waals surface area (Å²) in [5.74, 6) is 1.23. The molecule has 2 rings (SSSR count). The van der Waals surface area contributed by atoms with Gasteiger partial charge in [-0.1, -0.05) is 25.8 Å². The lowest BCUT2D eigenvalue weighted by molar-refractivity contribution is 0.0939. The third kappa shape index (κ3) is 4.78. The van der Waals surface area contributed by atoms with Crippen molar-refractivity contribution in [3.05, 3.63) is 47.9 Å². The number of amides is 1. The Morgan fingerprint density at radius 3 is 2.75 bits per heavy atom. The van der Waals surface area contributed by atoms with E-state index in [-0.39, 0.29) is 11.9 Å². The normalized spacial score (nSPS) is 11.8. The molecule has 1 heterocycles. The van der Waals surface area contributed by atoms with Crippen LogP contribution in [0.1, 0.15) is 55.1 Å². The molecule has 0 saturated carbocycles. The van der Waals surface area contributed by atoms with Gasteiger partial charge in [0.15, 0.2) is 11.5 Å². The van der Waals surface area contributed by atoms with Gasteiger partial charge < -0.3 is 19.2 Å². The Morgan fingerprint density at radius 2 is 2.08 bits per heavy atom. The van der Waals surface area contributed by atoms with Crippen molar-refractivity contribution in [2.24, 2.45) is 0 Å². The Morgan fingerprint density at radius 1 is 1.25 bits per heavy atom. The minimum absolute atomic E-state index is 0.157. The fourth-order valence-corrected chi connectivity index (χ4v) is 2.36. The number of carbonyl (C=O) groups is 1. The first-order chi connectivity index (χ1) is 11.7. The molecule has 5 heteroatoms. The van der Waals surface area contributed by atoms with Gasteiger partial charge in [0.05, 0.1) is 31.6 Å². The minimum Gasteiger partial charge on any atom is -0.493 e. The molecule has 0 spiro atoms. The summed E-state index contributed by atoms with van der Waals surface area (Å²) in [5, 5.41) is 2.93. The molecule has 1 N–H and O–H groups in total. The van der Waals surface area contributed by atoms with E-state index in [9.17, 15) is 4.79 Å². The molecule has 0 unspecified atom stereocenters. The lowest BCUT2D eigenvalue weighted by Crippen LogP contribution is -2.26. The highest BCUT2D eigenvalue weighted by Crippen LogP contribution is 2.30. The number of hydrogen-bond acceptors (Lipinski definition) is 4. The van der Waals surface area contributed by atoms with Gasteiger partial charge in [0.25, 0.3) is 5.91 Å². The summed E-state index contributed by atoms with van der Waals surface area (Å²) in [6.07, 6.45) is 6.24. The van der Waals surface area contributed by atoms with Gasteiger partial charge in [0.1, 0.15) is 6.26 Å². The first-order valence-corrected chi connectivity index (χ1v) is 8.29. The third-order valence-corrected chi connectivity index (χ3v) is 3.82. The number of carbonyl (C=O) groups excluding carboxylic acids is 1. The molecule has 0 bridgehead atoms. The highest BCUT2D eigenvalue weighted by molar-refractivity contribution is 5.94. The van der Waals surface area contributed by atoms with E-state index in [0.29, 0.717) is 17.9 Å². The van der Waals surface area contributed by atoms with E-state index in [1.165, 1.54) is 12.5 Å². The molecule has 24 heavy (non-hydrogen) atoms. The number of nitrogens with one attached hydrogen (secondary N) is 1. The Bertz CT molecular complexity index is 637. The zero-order valence-corrected chi connectivity index (χ0v) is 14.5. The number of ether oxygens (including phenoxy) is 2. The molecule has 0 aliphatic heterocycles. The Balaban J connectivity index is 2.00. The van der Waals surface area contributed by atoms with Crippen LogP contribution in [0.25, 0.3) is 0 Å². The van der Waals surface area contributed by atoms with E-state index in [1.54, 1.807) is 13.2 Å². The lowest BCUT2D eigenvalue weighted by Gasteiger charge is -2.17. The molecule has 130 valence electrons. The van der Waals surface area contributed by atoms with Crippen LogP contribution < -0.4 is 14.8 Å². The molecule has 0 aliphatic carbocycles. The largest absolute Gasteiger partial charge is 0.493 e. The predicted molar refractivity (Wildman–Crippen MR) is 92.6 cm³/mol. The summed E-state index contributed by atoms with van der Waals surface area (Å²) in [6, 6.07) is 7.21. The first kappa shape index (κ1) is 17.9. The zero-order chi connectivity index (χ0) is 17.4. The Kier molecular flexibility index (Phi) is 6.73. The van der Waals surface area contributed by atoms with E-state index in [4.69, 9.17) is 13.9 Å². The van der Waals surface area contributed by atoms with Crippen molar-refractivity contribution in [1.82, 2.24) is 5.32 Å². The highest BCUT2D eigenvalue weighted by atomic mass is 16.5. The molecule has 0 fully saturated rings. The molecule has 1 aromatic carbocycles. The molecule has 2 aromatic rings. The number of furan rings is 1. The first-order valence-electron chi connectivity index (χ1n) is 8.29. The van der Waals surface area contributed by atoms with Crippen molar-refractivity contribution < 1.29 is 18.7 Å². The number of methoxy groups -OCH3 is 1. The Labute approximate surface area is 143 Å². The van der Waals surface area contributed by atoms with E-state index < -0.39 is 0 Å². The van der Waals surface area contributed by atoms with Crippen LogP contribution in [-0.2, 0) is 0 Å². The van der Waals surface area contributed by atoms with Crippen molar-refractivity contribution in [2.45, 2.75) is 39.2 Å². The van der Waals surface area contributed by atoms with Crippen LogP contribution in [0.5, 0.6) is 11.5 Å². The van der Waals surface area contributed by atoms with Gasteiger partial charge in [-0.2, -0.15) is 0 Å². The molecular formula is C19H25NO4. The van der Waals surface area contributed by atoms with Gasteiger partial charge in [-0.05, 0) is 37.1 Å². The summed E-state index contributed by atoms with van der Waals surface area (Å²) >= 11 is 0. The van der Waals surface area contributed by atoms with Crippen LogP contribution in [0.2, 0.25) is 0 Å². The van der Waals surface area contributed by atoms with Gasteiger partial charge in [0, 0.05) is 0 Å². The van der Waals surface area contributed by atoms with E-state index in [0.717, 1.165) is 30.6 Å². The summed E-state index contributed by atoms with van der Waals surface area (Å²) in [6.45, 7) is 4.76. The summed E-state index contributed by atoms with van der Waals surface area (Å²) in [5.41, 5.74) is 1.45. The monoisotopic (exact) mass is 331 g/mol.